The maximum atomic E-state index is 13.2. The molecule has 0 saturated heterocycles. The Morgan fingerprint density at radius 3 is 2.77 bits per heavy atom. The molecular formula is C19H19ClN2O3S. The highest BCUT2D eigenvalue weighted by molar-refractivity contribution is 7.89. The number of ether oxygens (including phenoxy) is 1. The van der Waals surface area contributed by atoms with Gasteiger partial charge in [-0.2, -0.15) is 4.31 Å². The molecule has 7 heteroatoms. The molecule has 5 nitrogen and oxygen atoms in total. The molecule has 3 aromatic rings. The SMILES string of the molecule is COc1ccc(Cl)cc1S(=O)(=O)N1CCc2[nH]c3cc(C)ccc3c2C1. The second-order valence-corrected chi connectivity index (χ2v) is 8.86. The van der Waals surface area contributed by atoms with Gasteiger partial charge in [0, 0.05) is 41.1 Å². The van der Waals surface area contributed by atoms with Crippen molar-refractivity contribution in [3.63, 3.8) is 0 Å². The largest absolute Gasteiger partial charge is 0.495 e. The van der Waals surface area contributed by atoms with Crippen LogP contribution in [0.15, 0.2) is 41.3 Å². The minimum atomic E-state index is -3.71. The van der Waals surface area contributed by atoms with Gasteiger partial charge in [-0.15, -0.1) is 0 Å². The first-order valence-corrected chi connectivity index (χ1v) is 10.2. The van der Waals surface area contributed by atoms with Crippen LogP contribution in [0.3, 0.4) is 0 Å². The van der Waals surface area contributed by atoms with E-state index in [4.69, 9.17) is 16.3 Å². The number of aryl methyl sites for hydroxylation is 1. The molecule has 0 radical (unpaired) electrons. The molecule has 4 rings (SSSR count). The average Bonchev–Trinajstić information content (AvgIpc) is 2.98. The maximum Gasteiger partial charge on any atom is 0.247 e. The van der Waals surface area contributed by atoms with Crippen molar-refractivity contribution in [3.8, 4) is 5.75 Å². The van der Waals surface area contributed by atoms with Crippen LogP contribution >= 0.6 is 11.6 Å². The number of hydrogen-bond acceptors (Lipinski definition) is 3. The van der Waals surface area contributed by atoms with Gasteiger partial charge < -0.3 is 9.72 Å². The lowest BCUT2D eigenvalue weighted by molar-refractivity contribution is 0.378. The van der Waals surface area contributed by atoms with E-state index >= 15 is 0 Å². The minimum absolute atomic E-state index is 0.103. The van der Waals surface area contributed by atoms with Gasteiger partial charge in [0.1, 0.15) is 10.6 Å². The number of fused-ring (bicyclic) bond motifs is 3. The summed E-state index contributed by atoms with van der Waals surface area (Å²) in [5.41, 5.74) is 4.37. The van der Waals surface area contributed by atoms with Crippen molar-refractivity contribution >= 4 is 32.5 Å². The van der Waals surface area contributed by atoms with Crippen LogP contribution < -0.4 is 4.74 Å². The molecule has 2 aromatic carbocycles. The van der Waals surface area contributed by atoms with Gasteiger partial charge in [-0.25, -0.2) is 8.42 Å². The fraction of sp³-hybridized carbons (Fsp3) is 0.263. The van der Waals surface area contributed by atoms with E-state index in [-0.39, 0.29) is 4.90 Å². The number of sulfonamides is 1. The molecular weight excluding hydrogens is 372 g/mol. The molecule has 0 fully saturated rings. The Hall–Kier alpha value is -2.02. The van der Waals surface area contributed by atoms with Gasteiger partial charge >= 0.3 is 0 Å². The molecule has 1 N–H and O–H groups in total. The van der Waals surface area contributed by atoms with Crippen molar-refractivity contribution in [1.82, 2.24) is 9.29 Å². The first-order valence-electron chi connectivity index (χ1n) is 8.34. The summed E-state index contributed by atoms with van der Waals surface area (Å²) in [6, 6.07) is 10.8. The molecule has 136 valence electrons. The highest BCUT2D eigenvalue weighted by atomic mass is 35.5. The molecule has 0 saturated carbocycles. The van der Waals surface area contributed by atoms with Crippen LogP contribution in [-0.2, 0) is 23.0 Å². The summed E-state index contributed by atoms with van der Waals surface area (Å²) in [6.45, 7) is 2.79. The highest BCUT2D eigenvalue weighted by Gasteiger charge is 2.32. The van der Waals surface area contributed by atoms with E-state index in [1.165, 1.54) is 23.0 Å². The number of halogens is 1. The Morgan fingerprint density at radius 2 is 2.00 bits per heavy atom. The van der Waals surface area contributed by atoms with Gasteiger partial charge in [0.2, 0.25) is 10.0 Å². The van der Waals surface area contributed by atoms with Gasteiger partial charge in [0.05, 0.1) is 7.11 Å². The quantitative estimate of drug-likeness (QED) is 0.738. The molecule has 2 heterocycles. The molecule has 1 aliphatic rings. The lowest BCUT2D eigenvalue weighted by atomic mass is 10.1. The Balaban J connectivity index is 1.77. The number of rotatable bonds is 3. The van der Waals surface area contributed by atoms with Crippen LogP contribution in [0.5, 0.6) is 5.75 Å². The summed E-state index contributed by atoms with van der Waals surface area (Å²) in [5.74, 6) is 0.301. The molecule has 1 aromatic heterocycles. The number of hydrogen-bond donors (Lipinski definition) is 1. The van der Waals surface area contributed by atoms with Crippen LogP contribution in [0.2, 0.25) is 5.02 Å². The Labute approximate surface area is 157 Å². The molecule has 1 aliphatic heterocycles. The highest BCUT2D eigenvalue weighted by Crippen LogP contribution is 2.34. The molecule has 0 spiro atoms. The predicted octanol–water partition coefficient (Wildman–Crippen LogP) is 3.89. The topological polar surface area (TPSA) is 62.4 Å². The maximum absolute atomic E-state index is 13.2. The van der Waals surface area contributed by atoms with Crippen molar-refractivity contribution in [2.24, 2.45) is 0 Å². The third-order valence-electron chi connectivity index (χ3n) is 4.84. The Bertz CT molecular complexity index is 1110. The third-order valence-corrected chi connectivity index (χ3v) is 6.94. The lowest BCUT2D eigenvalue weighted by Crippen LogP contribution is -2.36. The Morgan fingerprint density at radius 1 is 1.19 bits per heavy atom. The van der Waals surface area contributed by atoms with E-state index < -0.39 is 10.0 Å². The number of H-pyrrole nitrogens is 1. The van der Waals surface area contributed by atoms with Crippen molar-refractivity contribution in [2.75, 3.05) is 13.7 Å². The van der Waals surface area contributed by atoms with Crippen LogP contribution in [0, 0.1) is 6.92 Å². The first-order chi connectivity index (χ1) is 12.4. The van der Waals surface area contributed by atoms with Crippen LogP contribution in [0.25, 0.3) is 10.9 Å². The first kappa shape index (κ1) is 17.4. The van der Waals surface area contributed by atoms with Gasteiger partial charge in [-0.05, 0) is 42.3 Å². The number of nitrogens with one attached hydrogen (secondary N) is 1. The fourth-order valence-electron chi connectivity index (χ4n) is 3.51. The summed E-state index contributed by atoms with van der Waals surface area (Å²) < 4.78 is 33.2. The zero-order chi connectivity index (χ0) is 18.5. The molecule has 0 atom stereocenters. The number of methoxy groups -OCH3 is 1. The standard InChI is InChI=1S/C19H19ClN2O3S/c1-12-3-5-14-15-11-22(8-7-16(15)21-17(14)9-12)26(23,24)19-10-13(20)4-6-18(19)25-2/h3-6,9-10,21H,7-8,11H2,1-2H3. The van der Waals surface area contributed by atoms with Crippen molar-refractivity contribution < 1.29 is 13.2 Å². The summed E-state index contributed by atoms with van der Waals surface area (Å²) in [7, 11) is -2.26. The van der Waals surface area contributed by atoms with E-state index in [1.807, 2.05) is 13.0 Å². The minimum Gasteiger partial charge on any atom is -0.495 e. The number of aromatic nitrogens is 1. The summed E-state index contributed by atoms with van der Waals surface area (Å²) >= 11 is 6.03. The van der Waals surface area contributed by atoms with Crippen molar-refractivity contribution in [1.29, 1.82) is 0 Å². The molecule has 0 unspecified atom stereocenters. The normalized spacial score (nSPS) is 15.2. The molecule has 0 aliphatic carbocycles. The van der Waals surface area contributed by atoms with Gasteiger partial charge in [0.25, 0.3) is 0 Å². The van der Waals surface area contributed by atoms with E-state index in [0.29, 0.717) is 30.3 Å². The van der Waals surface area contributed by atoms with Crippen LogP contribution in [0.4, 0.5) is 0 Å². The smallest absolute Gasteiger partial charge is 0.247 e. The van der Waals surface area contributed by atoms with Crippen molar-refractivity contribution in [2.45, 2.75) is 24.8 Å². The van der Waals surface area contributed by atoms with Gasteiger partial charge in [-0.1, -0.05) is 23.7 Å². The summed E-state index contributed by atoms with van der Waals surface area (Å²) in [6.07, 6.45) is 0.644. The predicted molar refractivity (Wildman–Crippen MR) is 102 cm³/mol. The van der Waals surface area contributed by atoms with Crippen LogP contribution in [-0.4, -0.2) is 31.4 Å². The Kier molecular flexibility index (Phi) is 4.22. The van der Waals surface area contributed by atoms with E-state index in [0.717, 1.165) is 22.2 Å². The third kappa shape index (κ3) is 2.78. The van der Waals surface area contributed by atoms with E-state index in [2.05, 4.69) is 17.1 Å². The number of nitrogens with zero attached hydrogens (tertiary/aromatic N) is 1. The van der Waals surface area contributed by atoms with Crippen molar-refractivity contribution in [3.05, 3.63) is 58.2 Å². The fourth-order valence-corrected chi connectivity index (χ4v) is 5.33. The van der Waals surface area contributed by atoms with E-state index in [9.17, 15) is 8.42 Å². The molecule has 0 amide bonds. The van der Waals surface area contributed by atoms with E-state index in [1.54, 1.807) is 12.1 Å². The number of aromatic amines is 1. The second kappa shape index (κ2) is 6.30. The monoisotopic (exact) mass is 390 g/mol. The number of benzene rings is 2. The zero-order valence-corrected chi connectivity index (χ0v) is 16.1. The lowest BCUT2D eigenvalue weighted by Gasteiger charge is -2.27. The zero-order valence-electron chi connectivity index (χ0n) is 14.5. The summed E-state index contributed by atoms with van der Waals surface area (Å²) in [5, 5.41) is 1.44. The summed E-state index contributed by atoms with van der Waals surface area (Å²) in [4.78, 5) is 3.54. The molecule has 0 bridgehead atoms. The van der Waals surface area contributed by atoms with Gasteiger partial charge in [-0.3, -0.25) is 0 Å². The van der Waals surface area contributed by atoms with Gasteiger partial charge in [0.15, 0.2) is 0 Å². The average molecular weight is 391 g/mol. The molecule has 26 heavy (non-hydrogen) atoms. The van der Waals surface area contributed by atoms with Crippen LogP contribution in [0.1, 0.15) is 16.8 Å². The second-order valence-electron chi connectivity index (χ2n) is 6.51.